The van der Waals surface area contributed by atoms with Crippen molar-refractivity contribution in [2.75, 3.05) is 12.9 Å². The molecule has 1 fully saturated rings. The van der Waals surface area contributed by atoms with Gasteiger partial charge in [0.25, 0.3) is 0 Å². The lowest BCUT2D eigenvalue weighted by Gasteiger charge is -2.25. The molecule has 2 aromatic heterocycles. The number of carbonyl (C=O) groups is 1. The van der Waals surface area contributed by atoms with Gasteiger partial charge in [0.1, 0.15) is 0 Å². The van der Waals surface area contributed by atoms with Crippen molar-refractivity contribution < 1.29 is 13.9 Å². The summed E-state index contributed by atoms with van der Waals surface area (Å²) in [5.41, 5.74) is 0. The first-order valence-corrected chi connectivity index (χ1v) is 8.46. The van der Waals surface area contributed by atoms with Crippen LogP contribution >= 0.6 is 11.8 Å². The molecule has 0 aromatic carbocycles. The zero-order valence-corrected chi connectivity index (χ0v) is 13.3. The van der Waals surface area contributed by atoms with Gasteiger partial charge in [0, 0.05) is 6.04 Å². The quantitative estimate of drug-likeness (QED) is 0.621. The molecule has 0 amide bonds. The number of aromatic nitrogens is 3. The molecule has 0 bridgehead atoms. The summed E-state index contributed by atoms with van der Waals surface area (Å²) in [7, 11) is 1.39. The van der Waals surface area contributed by atoms with Crippen LogP contribution in [-0.2, 0) is 9.53 Å². The first-order valence-electron chi connectivity index (χ1n) is 7.48. The Morgan fingerprint density at radius 2 is 2.23 bits per heavy atom. The van der Waals surface area contributed by atoms with Gasteiger partial charge in [-0.25, -0.2) is 0 Å². The Morgan fingerprint density at radius 1 is 1.41 bits per heavy atom. The normalized spacial score (nSPS) is 15.9. The molecule has 6 nitrogen and oxygen atoms in total. The predicted octanol–water partition coefficient (Wildman–Crippen LogP) is 3.31. The van der Waals surface area contributed by atoms with Crippen LogP contribution in [0, 0.1) is 0 Å². The molecule has 0 atom stereocenters. The van der Waals surface area contributed by atoms with E-state index in [0.29, 0.717) is 11.8 Å². The van der Waals surface area contributed by atoms with E-state index in [2.05, 4.69) is 14.8 Å². The Morgan fingerprint density at radius 3 is 2.91 bits per heavy atom. The van der Waals surface area contributed by atoms with E-state index in [1.165, 1.54) is 38.1 Å². The predicted molar refractivity (Wildman–Crippen MR) is 82.6 cm³/mol. The highest BCUT2D eigenvalue weighted by atomic mass is 32.2. The van der Waals surface area contributed by atoms with Crippen LogP contribution in [0.1, 0.15) is 38.1 Å². The molecule has 0 N–H and O–H groups in total. The fourth-order valence-electron chi connectivity index (χ4n) is 2.80. The molecule has 2 heterocycles. The second kappa shape index (κ2) is 7.00. The fraction of sp³-hybridized carbons (Fsp3) is 0.533. The molecule has 0 radical (unpaired) electrons. The largest absolute Gasteiger partial charge is 0.468 e. The maximum atomic E-state index is 11.4. The number of carbonyl (C=O) groups excluding carboxylic acids is 1. The summed E-state index contributed by atoms with van der Waals surface area (Å²) in [5, 5.41) is 9.30. The third kappa shape index (κ3) is 3.19. The van der Waals surface area contributed by atoms with E-state index in [0.717, 1.165) is 23.8 Å². The summed E-state index contributed by atoms with van der Waals surface area (Å²) < 4.78 is 12.3. The Kier molecular flexibility index (Phi) is 4.82. The number of rotatable bonds is 5. The summed E-state index contributed by atoms with van der Waals surface area (Å²) in [4.78, 5) is 11.4. The molecule has 0 aliphatic heterocycles. The van der Waals surface area contributed by atoms with Crippen molar-refractivity contribution in [1.29, 1.82) is 0 Å². The highest BCUT2D eigenvalue weighted by Gasteiger charge is 2.25. The standard InChI is InChI=1S/C15H19N3O3S/c1-20-13(19)10-22-15-17-16-14(12-8-5-9-21-12)18(15)11-6-3-2-4-7-11/h5,8-9,11H,2-4,6-7,10H2,1H3. The summed E-state index contributed by atoms with van der Waals surface area (Å²) in [5.74, 6) is 1.43. The highest BCUT2D eigenvalue weighted by Crippen LogP contribution is 2.35. The zero-order valence-electron chi connectivity index (χ0n) is 12.5. The van der Waals surface area contributed by atoms with Crippen molar-refractivity contribution in [2.45, 2.75) is 43.3 Å². The van der Waals surface area contributed by atoms with E-state index < -0.39 is 0 Å². The van der Waals surface area contributed by atoms with Gasteiger partial charge in [0.05, 0.1) is 19.1 Å². The first-order chi connectivity index (χ1) is 10.8. The molecule has 1 aliphatic carbocycles. The number of esters is 1. The summed E-state index contributed by atoms with van der Waals surface area (Å²) >= 11 is 1.36. The zero-order chi connectivity index (χ0) is 15.4. The van der Waals surface area contributed by atoms with Crippen molar-refractivity contribution >= 4 is 17.7 Å². The monoisotopic (exact) mass is 321 g/mol. The number of ether oxygens (including phenoxy) is 1. The Balaban J connectivity index is 1.90. The van der Waals surface area contributed by atoms with E-state index in [9.17, 15) is 4.79 Å². The molecular formula is C15H19N3O3S. The SMILES string of the molecule is COC(=O)CSc1nnc(-c2ccco2)n1C1CCCCC1. The van der Waals surface area contributed by atoms with Gasteiger partial charge in [0.15, 0.2) is 10.9 Å². The lowest BCUT2D eigenvalue weighted by molar-refractivity contribution is -0.137. The van der Waals surface area contributed by atoms with Crippen molar-refractivity contribution in [3.05, 3.63) is 18.4 Å². The number of methoxy groups -OCH3 is 1. The van der Waals surface area contributed by atoms with Crippen LogP contribution in [0.4, 0.5) is 0 Å². The number of hydrogen-bond acceptors (Lipinski definition) is 6. The minimum atomic E-state index is -0.261. The minimum Gasteiger partial charge on any atom is -0.468 e. The lowest BCUT2D eigenvalue weighted by atomic mass is 9.95. The second-order valence-corrected chi connectivity index (χ2v) is 6.25. The molecule has 0 saturated heterocycles. The van der Waals surface area contributed by atoms with E-state index in [-0.39, 0.29) is 11.7 Å². The average molecular weight is 321 g/mol. The van der Waals surface area contributed by atoms with Crippen molar-refractivity contribution in [2.24, 2.45) is 0 Å². The summed E-state index contributed by atoms with van der Waals surface area (Å²) in [6, 6.07) is 4.10. The highest BCUT2D eigenvalue weighted by molar-refractivity contribution is 7.99. The third-order valence-electron chi connectivity index (χ3n) is 3.89. The molecule has 3 rings (SSSR count). The molecule has 22 heavy (non-hydrogen) atoms. The summed E-state index contributed by atoms with van der Waals surface area (Å²) in [6.45, 7) is 0. The topological polar surface area (TPSA) is 70.2 Å². The Bertz CT molecular complexity index is 618. The van der Waals surface area contributed by atoms with Crippen LogP contribution in [0.15, 0.2) is 28.0 Å². The van der Waals surface area contributed by atoms with Crippen molar-refractivity contribution in [3.63, 3.8) is 0 Å². The van der Waals surface area contributed by atoms with Gasteiger partial charge < -0.3 is 9.15 Å². The Labute approximate surface area is 133 Å². The third-order valence-corrected chi connectivity index (χ3v) is 4.81. The molecule has 0 unspecified atom stereocenters. The first kappa shape index (κ1) is 15.1. The van der Waals surface area contributed by atoms with E-state index in [1.807, 2.05) is 12.1 Å². The van der Waals surface area contributed by atoms with Crippen LogP contribution in [0.2, 0.25) is 0 Å². The maximum Gasteiger partial charge on any atom is 0.316 e. The minimum absolute atomic E-state index is 0.236. The van der Waals surface area contributed by atoms with E-state index in [4.69, 9.17) is 9.15 Å². The smallest absolute Gasteiger partial charge is 0.316 e. The molecular weight excluding hydrogens is 302 g/mol. The van der Waals surface area contributed by atoms with Gasteiger partial charge in [-0.1, -0.05) is 31.0 Å². The maximum absolute atomic E-state index is 11.4. The fourth-order valence-corrected chi connectivity index (χ4v) is 3.64. The van der Waals surface area contributed by atoms with Crippen LogP contribution < -0.4 is 0 Å². The molecule has 7 heteroatoms. The molecule has 1 aliphatic rings. The van der Waals surface area contributed by atoms with Gasteiger partial charge in [-0.15, -0.1) is 10.2 Å². The lowest BCUT2D eigenvalue weighted by Crippen LogP contribution is -2.15. The van der Waals surface area contributed by atoms with E-state index in [1.54, 1.807) is 6.26 Å². The molecule has 2 aromatic rings. The number of hydrogen-bond donors (Lipinski definition) is 0. The van der Waals surface area contributed by atoms with Gasteiger partial charge in [-0.2, -0.15) is 0 Å². The van der Waals surface area contributed by atoms with Crippen molar-refractivity contribution in [3.8, 4) is 11.6 Å². The average Bonchev–Trinajstić information content (AvgIpc) is 3.22. The molecule has 118 valence electrons. The van der Waals surface area contributed by atoms with Gasteiger partial charge in [0.2, 0.25) is 5.82 Å². The number of furan rings is 1. The van der Waals surface area contributed by atoms with Crippen LogP contribution in [0.25, 0.3) is 11.6 Å². The van der Waals surface area contributed by atoms with Crippen LogP contribution in [0.3, 0.4) is 0 Å². The second-order valence-electron chi connectivity index (χ2n) is 5.31. The van der Waals surface area contributed by atoms with Gasteiger partial charge in [-0.05, 0) is 25.0 Å². The summed E-state index contributed by atoms with van der Waals surface area (Å²) in [6.07, 6.45) is 7.55. The molecule has 1 saturated carbocycles. The van der Waals surface area contributed by atoms with Gasteiger partial charge >= 0.3 is 5.97 Å². The number of thioether (sulfide) groups is 1. The Hall–Kier alpha value is -1.76. The number of nitrogens with zero attached hydrogens (tertiary/aromatic N) is 3. The van der Waals surface area contributed by atoms with E-state index >= 15 is 0 Å². The van der Waals surface area contributed by atoms with Crippen molar-refractivity contribution in [1.82, 2.24) is 14.8 Å². The van der Waals surface area contributed by atoms with Crippen LogP contribution in [-0.4, -0.2) is 33.6 Å². The van der Waals surface area contributed by atoms with Gasteiger partial charge in [-0.3, -0.25) is 9.36 Å². The van der Waals surface area contributed by atoms with Crippen LogP contribution in [0.5, 0.6) is 0 Å². The molecule has 0 spiro atoms.